The van der Waals surface area contributed by atoms with Gasteiger partial charge in [-0.3, -0.25) is 0 Å². The fourth-order valence-electron chi connectivity index (χ4n) is 1.03. The molecule has 0 radical (unpaired) electrons. The van der Waals surface area contributed by atoms with Gasteiger partial charge in [-0.25, -0.2) is 4.98 Å². The Labute approximate surface area is 96.6 Å². The number of rotatable bonds is 2. The van der Waals surface area contributed by atoms with Gasteiger partial charge >= 0.3 is 0 Å². The lowest BCUT2D eigenvalue weighted by molar-refractivity contribution is 0.461. The first-order valence-corrected chi connectivity index (χ1v) is 4.91. The minimum absolute atomic E-state index is 0.148. The summed E-state index contributed by atoms with van der Waals surface area (Å²) < 4.78 is 5.42. The van der Waals surface area contributed by atoms with Gasteiger partial charge in [0.2, 0.25) is 11.2 Å². The van der Waals surface area contributed by atoms with Crippen LogP contribution in [0.3, 0.4) is 0 Å². The highest BCUT2D eigenvalue weighted by Crippen LogP contribution is 2.22. The Balaban J connectivity index is 2.22. The molecule has 1 aromatic heterocycles. The van der Waals surface area contributed by atoms with Crippen LogP contribution in [0.4, 0.5) is 0 Å². The molecule has 76 valence electrons. The molecule has 0 spiro atoms. The SMILES string of the molecule is Clc1cccc(Oc2ccnc(Cl)n2)c1. The van der Waals surface area contributed by atoms with E-state index < -0.39 is 0 Å². The maximum Gasteiger partial charge on any atom is 0.225 e. The Morgan fingerprint density at radius 1 is 1.13 bits per heavy atom. The highest BCUT2D eigenvalue weighted by molar-refractivity contribution is 6.30. The van der Waals surface area contributed by atoms with E-state index in [0.29, 0.717) is 16.7 Å². The molecule has 0 amide bonds. The van der Waals surface area contributed by atoms with E-state index in [1.807, 2.05) is 0 Å². The van der Waals surface area contributed by atoms with Crippen molar-refractivity contribution >= 4 is 23.2 Å². The fourth-order valence-corrected chi connectivity index (χ4v) is 1.35. The normalized spacial score (nSPS) is 10.0. The van der Waals surface area contributed by atoms with E-state index in [1.54, 1.807) is 30.3 Å². The van der Waals surface area contributed by atoms with E-state index in [1.165, 1.54) is 6.20 Å². The average molecular weight is 241 g/mol. The summed E-state index contributed by atoms with van der Waals surface area (Å²) in [5, 5.41) is 0.752. The van der Waals surface area contributed by atoms with Crippen molar-refractivity contribution in [1.29, 1.82) is 0 Å². The molecule has 0 saturated heterocycles. The predicted octanol–water partition coefficient (Wildman–Crippen LogP) is 3.58. The van der Waals surface area contributed by atoms with Crippen molar-refractivity contribution in [2.24, 2.45) is 0 Å². The maximum absolute atomic E-state index is 5.80. The third kappa shape index (κ3) is 2.81. The Hall–Kier alpha value is -1.32. The highest BCUT2D eigenvalue weighted by Gasteiger charge is 2.00. The van der Waals surface area contributed by atoms with Gasteiger partial charge in [0.25, 0.3) is 0 Å². The summed E-state index contributed by atoms with van der Waals surface area (Å²) in [5.74, 6) is 0.995. The standard InChI is InChI=1S/C10H6Cl2N2O/c11-7-2-1-3-8(6-7)15-9-4-5-13-10(12)14-9/h1-6H. The molecule has 0 unspecified atom stereocenters. The second-order valence-corrected chi connectivity index (χ2v) is 3.50. The molecule has 2 rings (SSSR count). The number of nitrogens with zero attached hydrogens (tertiary/aromatic N) is 2. The van der Waals surface area contributed by atoms with Crippen LogP contribution in [0.5, 0.6) is 11.6 Å². The molecule has 0 saturated carbocycles. The van der Waals surface area contributed by atoms with Gasteiger partial charge in [-0.2, -0.15) is 4.98 Å². The Kier molecular flexibility index (Phi) is 3.04. The monoisotopic (exact) mass is 240 g/mol. The summed E-state index contributed by atoms with van der Waals surface area (Å²) in [6.45, 7) is 0. The lowest BCUT2D eigenvalue weighted by atomic mass is 10.3. The van der Waals surface area contributed by atoms with Crippen LogP contribution in [0.25, 0.3) is 0 Å². The zero-order chi connectivity index (χ0) is 10.7. The zero-order valence-corrected chi connectivity index (χ0v) is 9.03. The first-order valence-electron chi connectivity index (χ1n) is 4.16. The molecule has 5 heteroatoms. The second-order valence-electron chi connectivity index (χ2n) is 2.72. The van der Waals surface area contributed by atoms with Crippen LogP contribution < -0.4 is 4.74 Å². The quantitative estimate of drug-likeness (QED) is 0.753. The lowest BCUT2D eigenvalue weighted by Crippen LogP contribution is -1.89. The minimum atomic E-state index is 0.148. The highest BCUT2D eigenvalue weighted by atomic mass is 35.5. The van der Waals surface area contributed by atoms with Gasteiger partial charge in [-0.15, -0.1) is 0 Å². The first kappa shape index (κ1) is 10.2. The maximum atomic E-state index is 5.80. The Morgan fingerprint density at radius 2 is 2.00 bits per heavy atom. The third-order valence-corrected chi connectivity index (χ3v) is 2.04. The molecular formula is C10H6Cl2N2O. The molecule has 2 aromatic rings. The van der Waals surface area contributed by atoms with Crippen LogP contribution in [-0.2, 0) is 0 Å². The van der Waals surface area contributed by atoms with Gasteiger partial charge in [0.05, 0.1) is 0 Å². The van der Waals surface area contributed by atoms with Crippen molar-refractivity contribution in [1.82, 2.24) is 9.97 Å². The smallest absolute Gasteiger partial charge is 0.225 e. The Morgan fingerprint density at radius 3 is 2.73 bits per heavy atom. The predicted molar refractivity (Wildman–Crippen MR) is 58.6 cm³/mol. The molecular weight excluding hydrogens is 235 g/mol. The van der Waals surface area contributed by atoms with Crippen molar-refractivity contribution < 1.29 is 4.74 Å². The largest absolute Gasteiger partial charge is 0.439 e. The van der Waals surface area contributed by atoms with Crippen molar-refractivity contribution in [2.45, 2.75) is 0 Å². The molecule has 3 nitrogen and oxygen atoms in total. The van der Waals surface area contributed by atoms with Crippen molar-refractivity contribution in [2.75, 3.05) is 0 Å². The summed E-state index contributed by atoms with van der Waals surface area (Å²) in [6.07, 6.45) is 1.52. The average Bonchev–Trinajstić information content (AvgIpc) is 2.17. The number of benzene rings is 1. The van der Waals surface area contributed by atoms with Gasteiger partial charge in [0.15, 0.2) is 0 Å². The van der Waals surface area contributed by atoms with Crippen molar-refractivity contribution in [3.63, 3.8) is 0 Å². The number of hydrogen-bond acceptors (Lipinski definition) is 3. The zero-order valence-electron chi connectivity index (χ0n) is 7.52. The molecule has 0 aliphatic heterocycles. The molecule has 0 aliphatic rings. The molecule has 0 atom stereocenters. The molecule has 15 heavy (non-hydrogen) atoms. The molecule has 1 heterocycles. The summed E-state index contributed by atoms with van der Waals surface area (Å²) in [5.41, 5.74) is 0. The topological polar surface area (TPSA) is 35.0 Å². The number of aromatic nitrogens is 2. The van der Waals surface area contributed by atoms with Gasteiger partial charge in [0, 0.05) is 17.3 Å². The van der Waals surface area contributed by atoms with Crippen LogP contribution in [0.15, 0.2) is 36.5 Å². The Bertz CT molecular complexity index is 433. The third-order valence-electron chi connectivity index (χ3n) is 1.62. The van der Waals surface area contributed by atoms with E-state index in [-0.39, 0.29) is 5.28 Å². The fraction of sp³-hybridized carbons (Fsp3) is 0. The molecule has 1 aromatic carbocycles. The molecule has 0 fully saturated rings. The van der Waals surface area contributed by atoms with Crippen LogP contribution in [-0.4, -0.2) is 9.97 Å². The van der Waals surface area contributed by atoms with Gasteiger partial charge < -0.3 is 4.74 Å². The summed E-state index contributed by atoms with van der Waals surface area (Å²) >= 11 is 11.4. The number of hydrogen-bond donors (Lipinski definition) is 0. The summed E-state index contributed by atoms with van der Waals surface area (Å²) in [6, 6.07) is 8.65. The second kappa shape index (κ2) is 4.47. The number of ether oxygens (including phenoxy) is 1. The van der Waals surface area contributed by atoms with Crippen LogP contribution in [0, 0.1) is 0 Å². The van der Waals surface area contributed by atoms with Gasteiger partial charge in [-0.1, -0.05) is 17.7 Å². The minimum Gasteiger partial charge on any atom is -0.439 e. The van der Waals surface area contributed by atoms with Crippen LogP contribution in [0.2, 0.25) is 10.3 Å². The van der Waals surface area contributed by atoms with Gasteiger partial charge in [0.1, 0.15) is 5.75 Å². The van der Waals surface area contributed by atoms with E-state index in [4.69, 9.17) is 27.9 Å². The van der Waals surface area contributed by atoms with Gasteiger partial charge in [-0.05, 0) is 29.8 Å². The molecule has 0 aliphatic carbocycles. The van der Waals surface area contributed by atoms with E-state index >= 15 is 0 Å². The van der Waals surface area contributed by atoms with E-state index in [9.17, 15) is 0 Å². The molecule has 0 N–H and O–H groups in total. The van der Waals surface area contributed by atoms with Crippen LogP contribution >= 0.6 is 23.2 Å². The van der Waals surface area contributed by atoms with E-state index in [0.717, 1.165) is 0 Å². The first-order chi connectivity index (χ1) is 7.24. The molecule has 0 bridgehead atoms. The number of halogens is 2. The lowest BCUT2D eigenvalue weighted by Gasteiger charge is -2.03. The van der Waals surface area contributed by atoms with Crippen LogP contribution in [0.1, 0.15) is 0 Å². The van der Waals surface area contributed by atoms with Crippen molar-refractivity contribution in [3.05, 3.63) is 46.8 Å². The van der Waals surface area contributed by atoms with E-state index in [2.05, 4.69) is 9.97 Å². The summed E-state index contributed by atoms with van der Waals surface area (Å²) in [7, 11) is 0. The summed E-state index contributed by atoms with van der Waals surface area (Å²) in [4.78, 5) is 7.63. The van der Waals surface area contributed by atoms with Crippen molar-refractivity contribution in [3.8, 4) is 11.6 Å².